The molecule has 0 atom stereocenters. The minimum Gasteiger partial charge on any atom is -0.350 e. The Bertz CT molecular complexity index is 332. The van der Waals surface area contributed by atoms with Gasteiger partial charge in [0.05, 0.1) is 5.71 Å². The number of hydrogen-bond donors (Lipinski definition) is 2. The normalized spacial score (nSPS) is 12.6. The topological polar surface area (TPSA) is 67.5 Å². The summed E-state index contributed by atoms with van der Waals surface area (Å²) in [5.41, 5.74) is 8.38. The van der Waals surface area contributed by atoms with Crippen LogP contribution in [0.15, 0.2) is 28.9 Å². The molecule has 0 aliphatic carbocycles. The fourth-order valence-electron chi connectivity index (χ4n) is 0.560. The Morgan fingerprint density at radius 3 is 2.71 bits per heavy atom. The molecule has 0 radical (unpaired) electrons. The Balaban J connectivity index is 4.19. The summed E-state index contributed by atoms with van der Waals surface area (Å²) in [6.45, 7) is 3.55. The molecule has 0 aromatic heterocycles. The number of hydrogen-bond acceptors (Lipinski definition) is 2. The van der Waals surface area contributed by atoms with Gasteiger partial charge in [0.15, 0.2) is 0 Å². The molecule has 3 N–H and O–H groups in total. The van der Waals surface area contributed by atoms with Crippen LogP contribution in [0.2, 0.25) is 0 Å². The first-order valence-corrected chi connectivity index (χ1v) is 3.97. The molecule has 0 unspecified atom stereocenters. The van der Waals surface area contributed by atoms with Crippen molar-refractivity contribution in [2.75, 3.05) is 0 Å². The number of rotatable bonds is 3. The third-order valence-corrected chi connectivity index (χ3v) is 1.25. The maximum Gasteiger partial charge on any atom is 0.332 e. The highest BCUT2D eigenvalue weighted by Gasteiger charge is 1.86. The minimum absolute atomic E-state index is 0.630. The van der Waals surface area contributed by atoms with Crippen LogP contribution in [0.5, 0.6) is 0 Å². The van der Waals surface area contributed by atoms with E-state index in [-0.39, 0.29) is 0 Å². The summed E-state index contributed by atoms with van der Waals surface area (Å²) >= 11 is 0. The number of primary amides is 1. The molecule has 0 saturated heterocycles. The zero-order valence-electron chi connectivity index (χ0n) is 8.24. The molecule has 2 amide bonds. The largest absolute Gasteiger partial charge is 0.350 e. The maximum absolute atomic E-state index is 10.3. The van der Waals surface area contributed by atoms with Crippen molar-refractivity contribution in [3.63, 3.8) is 0 Å². The van der Waals surface area contributed by atoms with Gasteiger partial charge in [0.2, 0.25) is 0 Å². The van der Waals surface area contributed by atoms with Crippen LogP contribution >= 0.6 is 0 Å². The minimum atomic E-state index is -0.687. The van der Waals surface area contributed by atoms with E-state index in [1.54, 1.807) is 25.2 Å². The lowest BCUT2D eigenvalue weighted by atomic mass is 10.2. The van der Waals surface area contributed by atoms with Crippen LogP contribution in [0.3, 0.4) is 0 Å². The molecule has 0 spiro atoms. The highest BCUT2D eigenvalue weighted by atomic mass is 16.2. The van der Waals surface area contributed by atoms with E-state index in [1.807, 2.05) is 6.92 Å². The van der Waals surface area contributed by atoms with E-state index < -0.39 is 6.03 Å². The van der Waals surface area contributed by atoms with Gasteiger partial charge in [-0.15, -0.1) is 6.42 Å². The zero-order valence-corrected chi connectivity index (χ0v) is 8.24. The van der Waals surface area contributed by atoms with Gasteiger partial charge in [-0.1, -0.05) is 18.1 Å². The third-order valence-electron chi connectivity index (χ3n) is 1.25. The summed E-state index contributed by atoms with van der Waals surface area (Å²) in [6.07, 6.45) is 10.4. The number of urea groups is 1. The quantitative estimate of drug-likeness (QED) is 0.299. The van der Waals surface area contributed by atoms with Crippen molar-refractivity contribution >= 4 is 11.7 Å². The summed E-state index contributed by atoms with van der Waals surface area (Å²) in [7, 11) is 0. The van der Waals surface area contributed by atoms with E-state index in [9.17, 15) is 4.79 Å². The second-order valence-electron chi connectivity index (χ2n) is 2.58. The Hall–Kier alpha value is -2.02. The number of amides is 2. The number of nitrogens with zero attached hydrogens (tertiary/aromatic N) is 1. The molecule has 0 rings (SSSR count). The molecule has 74 valence electrons. The van der Waals surface area contributed by atoms with Crippen molar-refractivity contribution in [1.82, 2.24) is 5.43 Å². The summed E-state index contributed by atoms with van der Waals surface area (Å²) < 4.78 is 0. The van der Waals surface area contributed by atoms with Crippen LogP contribution in [0.4, 0.5) is 4.79 Å². The number of carbonyl (C=O) groups excluding carboxylic acids is 1. The monoisotopic (exact) mass is 191 g/mol. The summed E-state index contributed by atoms with van der Waals surface area (Å²) in [5, 5.41) is 3.67. The Kier molecular flexibility index (Phi) is 5.55. The van der Waals surface area contributed by atoms with Crippen molar-refractivity contribution in [2.24, 2.45) is 10.8 Å². The smallest absolute Gasteiger partial charge is 0.332 e. The fraction of sp³-hybridized carbons (Fsp3) is 0.200. The van der Waals surface area contributed by atoms with Crippen molar-refractivity contribution in [2.45, 2.75) is 13.8 Å². The van der Waals surface area contributed by atoms with Crippen molar-refractivity contribution in [3.05, 3.63) is 23.8 Å². The van der Waals surface area contributed by atoms with Crippen LogP contribution in [0, 0.1) is 12.3 Å². The van der Waals surface area contributed by atoms with Crippen LogP contribution in [0.25, 0.3) is 0 Å². The zero-order chi connectivity index (χ0) is 11.0. The molecule has 0 heterocycles. The summed E-state index contributed by atoms with van der Waals surface area (Å²) in [5.74, 6) is 2.47. The third kappa shape index (κ3) is 6.68. The molecule has 14 heavy (non-hydrogen) atoms. The van der Waals surface area contributed by atoms with Gasteiger partial charge in [-0.2, -0.15) is 5.10 Å². The Morgan fingerprint density at radius 1 is 1.57 bits per heavy atom. The second kappa shape index (κ2) is 6.49. The number of nitrogens with one attached hydrogen (secondary N) is 1. The summed E-state index contributed by atoms with van der Waals surface area (Å²) in [6, 6.07) is -0.687. The first kappa shape index (κ1) is 12.0. The molecule has 0 aliphatic rings. The van der Waals surface area contributed by atoms with Crippen molar-refractivity contribution in [1.29, 1.82) is 0 Å². The van der Waals surface area contributed by atoms with Crippen LogP contribution < -0.4 is 11.2 Å². The molecule has 0 fully saturated rings. The van der Waals surface area contributed by atoms with E-state index in [2.05, 4.69) is 16.4 Å². The summed E-state index contributed by atoms with van der Waals surface area (Å²) in [4.78, 5) is 10.3. The second-order valence-corrected chi connectivity index (χ2v) is 2.58. The van der Waals surface area contributed by atoms with Gasteiger partial charge >= 0.3 is 6.03 Å². The van der Waals surface area contributed by atoms with Crippen LogP contribution in [0.1, 0.15) is 13.8 Å². The van der Waals surface area contributed by atoms with Gasteiger partial charge in [-0.05, 0) is 25.5 Å². The van der Waals surface area contributed by atoms with E-state index in [4.69, 9.17) is 12.2 Å². The first-order chi connectivity index (χ1) is 6.56. The van der Waals surface area contributed by atoms with Crippen LogP contribution in [-0.4, -0.2) is 11.7 Å². The average Bonchev–Trinajstić information content (AvgIpc) is 2.14. The Labute approximate surface area is 83.6 Å². The van der Waals surface area contributed by atoms with Gasteiger partial charge in [-0.3, -0.25) is 0 Å². The number of terminal acetylenes is 1. The average molecular weight is 191 g/mol. The molecule has 0 bridgehead atoms. The number of carbonyl (C=O) groups is 1. The molecule has 0 aliphatic heterocycles. The molecular weight excluding hydrogens is 178 g/mol. The van der Waals surface area contributed by atoms with E-state index in [0.717, 1.165) is 5.57 Å². The Morgan fingerprint density at radius 2 is 2.21 bits per heavy atom. The SMILES string of the molecule is C#C/C(C)=C/C=C/C(C)=N/NC(N)=O. The molecular formula is C10H13N3O. The van der Waals surface area contributed by atoms with Gasteiger partial charge in [0.1, 0.15) is 0 Å². The standard InChI is InChI=1S/C10H13N3O/c1-4-8(2)6-5-7-9(3)12-13-10(11)14/h1,5-7H,2-3H3,(H3,11,13,14)/b7-5+,8-6+,12-9+. The lowest BCUT2D eigenvalue weighted by molar-refractivity contribution is 0.249. The lowest BCUT2D eigenvalue weighted by Crippen LogP contribution is -2.25. The van der Waals surface area contributed by atoms with E-state index >= 15 is 0 Å². The van der Waals surface area contributed by atoms with Crippen LogP contribution in [-0.2, 0) is 0 Å². The highest BCUT2D eigenvalue weighted by Crippen LogP contribution is 1.89. The molecule has 4 nitrogen and oxygen atoms in total. The van der Waals surface area contributed by atoms with E-state index in [1.165, 1.54) is 0 Å². The van der Waals surface area contributed by atoms with Crippen molar-refractivity contribution in [3.8, 4) is 12.3 Å². The first-order valence-electron chi connectivity index (χ1n) is 3.97. The van der Waals surface area contributed by atoms with Gasteiger partial charge in [0, 0.05) is 0 Å². The van der Waals surface area contributed by atoms with Gasteiger partial charge < -0.3 is 5.73 Å². The fourth-order valence-corrected chi connectivity index (χ4v) is 0.560. The predicted octanol–water partition coefficient (Wildman–Crippen LogP) is 1.17. The lowest BCUT2D eigenvalue weighted by Gasteiger charge is -1.92. The predicted molar refractivity (Wildman–Crippen MR) is 57.6 cm³/mol. The maximum atomic E-state index is 10.3. The number of allylic oxidation sites excluding steroid dienone is 4. The van der Waals surface area contributed by atoms with Crippen molar-refractivity contribution < 1.29 is 4.79 Å². The number of hydrazone groups is 1. The number of nitrogens with two attached hydrogens (primary N) is 1. The molecule has 0 aromatic carbocycles. The van der Waals surface area contributed by atoms with Gasteiger partial charge in [0.25, 0.3) is 0 Å². The molecule has 0 saturated carbocycles. The molecule has 4 heteroatoms. The molecule has 0 aromatic rings. The van der Waals surface area contributed by atoms with E-state index in [0.29, 0.717) is 5.71 Å². The van der Waals surface area contributed by atoms with Gasteiger partial charge in [-0.25, -0.2) is 10.2 Å². The highest BCUT2D eigenvalue weighted by molar-refractivity contribution is 5.93.